The van der Waals surface area contributed by atoms with Crippen molar-refractivity contribution in [3.63, 3.8) is 0 Å². The second-order valence-electron chi connectivity index (χ2n) is 48.4. The summed E-state index contributed by atoms with van der Waals surface area (Å²) in [6.07, 6.45) is 24.6. The minimum atomic E-state index is 0.437. The zero-order valence-electron chi connectivity index (χ0n) is 81.8. The molecule has 0 amide bonds. The van der Waals surface area contributed by atoms with E-state index in [1.165, 1.54) is 102 Å². The van der Waals surface area contributed by atoms with Gasteiger partial charge in [0.15, 0.2) is 0 Å². The fraction of sp³-hybridized carbons (Fsp3) is 1.00. The molecule has 0 heterocycles. The van der Waals surface area contributed by atoms with E-state index in [0.29, 0.717) is 65.0 Å². The second-order valence-corrected chi connectivity index (χ2v) is 48.4. The van der Waals surface area contributed by atoms with Gasteiger partial charge in [-0.3, -0.25) is 0 Å². The standard InChI is InChI=1S/C9H20.7C8H18.2C7H12.3C7H14/c1-7-9(5,6)8(2,3)4;3*1-7(2,3)8(4,5)6;2*1-6-7(2)8(3,4)5;1-6-8(4,5)7(2)3;1-6(2)8(5)7(3)4;1-7(4-5-7)6-2-3-6;1-5-4-7(5)6-2-3-6;1-6-4-7(2,3)5-6;1-5-4-6(2)7(5)3;1-3-7-4-6(2)5-7/h7H2,1-6H3;3*1-6H3;3*7H,6H2,1-5H3;6-8H,1-5H3;6H,2-5H2,1H3;5-7H,2-4H2,1H3;6H,4-5H2,1-3H3;5-7H,4H2,1-3H3;6-7H,3-5H2,1-2H3/t;;;;7-;;;;;5-,7?;;;/m....1....0.../s1. The van der Waals surface area contributed by atoms with Gasteiger partial charge in [0, 0.05) is 0 Å². The fourth-order valence-corrected chi connectivity index (χ4v) is 10.5. The first-order chi connectivity index (χ1) is 43.9. The summed E-state index contributed by atoms with van der Waals surface area (Å²) in [6.45, 7) is 124. The van der Waals surface area contributed by atoms with Crippen molar-refractivity contribution in [1.82, 2.24) is 0 Å². The summed E-state index contributed by atoms with van der Waals surface area (Å²) < 4.78 is 0. The van der Waals surface area contributed by atoms with Crippen LogP contribution < -0.4 is 0 Å². The van der Waals surface area contributed by atoms with Gasteiger partial charge in [0.1, 0.15) is 0 Å². The molecule has 100 heavy (non-hydrogen) atoms. The van der Waals surface area contributed by atoms with Gasteiger partial charge in [0.05, 0.1) is 0 Å². The maximum atomic E-state index is 2.44. The molecule has 0 saturated heterocycles. The van der Waals surface area contributed by atoms with Gasteiger partial charge < -0.3 is 0 Å². The lowest BCUT2D eigenvalue weighted by Gasteiger charge is -2.40. The average Bonchev–Trinajstić information content (AvgIpc) is 1.62. The monoisotopic (exact) mass is 1410 g/mol. The van der Waals surface area contributed by atoms with Crippen LogP contribution in [0.5, 0.6) is 0 Å². The Morgan fingerprint density at radius 3 is 0.690 bits per heavy atom. The minimum Gasteiger partial charge on any atom is -0.0651 e. The quantitative estimate of drug-likeness (QED) is 0.205. The molecule has 7 saturated carbocycles. The van der Waals surface area contributed by atoms with E-state index >= 15 is 0 Å². The van der Waals surface area contributed by atoms with Crippen molar-refractivity contribution < 1.29 is 0 Å². The van der Waals surface area contributed by atoms with Gasteiger partial charge in [-0.15, -0.1) is 0 Å². The van der Waals surface area contributed by atoms with Crippen LogP contribution in [0.2, 0.25) is 0 Å². The largest absolute Gasteiger partial charge is 0.0651 e. The molecule has 7 rings (SSSR count). The van der Waals surface area contributed by atoms with Crippen LogP contribution in [-0.2, 0) is 0 Å². The lowest BCUT2D eigenvalue weighted by atomic mass is 9.65. The van der Waals surface area contributed by atoms with Crippen LogP contribution >= 0.6 is 0 Å². The lowest BCUT2D eigenvalue weighted by molar-refractivity contribution is 0.111. The molecule has 0 radical (unpaired) electrons. The van der Waals surface area contributed by atoms with Gasteiger partial charge in [0.25, 0.3) is 0 Å². The van der Waals surface area contributed by atoms with E-state index in [2.05, 4.69) is 374 Å². The molecule has 0 bridgehead atoms. The van der Waals surface area contributed by atoms with Crippen LogP contribution in [0.25, 0.3) is 0 Å². The Balaban J connectivity index is -0.000000239. The third-order valence-corrected chi connectivity index (χ3v) is 29.8. The summed E-state index contributed by atoms with van der Waals surface area (Å²) in [5.41, 5.74) is 6.66. The smallest absolute Gasteiger partial charge is 0.0297 e. The van der Waals surface area contributed by atoms with Gasteiger partial charge in [0.2, 0.25) is 0 Å². The second kappa shape index (κ2) is 46.5. The van der Waals surface area contributed by atoms with Crippen molar-refractivity contribution in [2.75, 3.05) is 0 Å². The molecule has 0 aromatic rings. The molecule has 0 aromatic heterocycles. The predicted octanol–water partition coefficient (Wildman–Crippen LogP) is 36.3. The zero-order chi connectivity index (χ0) is 81.8. The van der Waals surface area contributed by atoms with Gasteiger partial charge in [-0.05, 0) is 242 Å². The first kappa shape index (κ1) is 111. The highest BCUT2D eigenvalue weighted by atomic mass is 14.5. The Kier molecular flexibility index (Phi) is 51.6. The molecular weight excluding hydrogens is 1200 g/mol. The van der Waals surface area contributed by atoms with Crippen LogP contribution in [0.1, 0.15) is 483 Å². The molecule has 6 atom stereocenters. The van der Waals surface area contributed by atoms with Crippen molar-refractivity contribution in [3.05, 3.63) is 0 Å². The molecule has 0 aliphatic heterocycles. The van der Waals surface area contributed by atoms with E-state index in [-0.39, 0.29) is 0 Å². The molecule has 0 nitrogen and oxygen atoms in total. The van der Waals surface area contributed by atoms with Crippen LogP contribution in [-0.4, -0.2) is 0 Å². The van der Waals surface area contributed by atoms with E-state index in [4.69, 9.17) is 0 Å². The molecule has 612 valence electrons. The fourth-order valence-electron chi connectivity index (χ4n) is 10.5. The number of rotatable bonds is 10. The zero-order valence-corrected chi connectivity index (χ0v) is 81.8. The Labute approximate surface area is 644 Å². The predicted molar refractivity (Wildman–Crippen MR) is 472 cm³/mol. The molecule has 0 spiro atoms. The summed E-state index contributed by atoms with van der Waals surface area (Å²) in [5, 5.41) is 0. The van der Waals surface area contributed by atoms with Crippen molar-refractivity contribution in [2.45, 2.75) is 483 Å². The molecule has 0 N–H and O–H groups in total. The average molecular weight is 1410 g/mol. The van der Waals surface area contributed by atoms with Crippen molar-refractivity contribution >= 4 is 0 Å². The molecule has 0 heteroatoms. The first-order valence-corrected chi connectivity index (χ1v) is 43.9. The maximum absolute atomic E-state index is 2.44. The van der Waals surface area contributed by atoms with Crippen molar-refractivity contribution in [1.29, 1.82) is 0 Å². The molecule has 7 fully saturated rings. The van der Waals surface area contributed by atoms with E-state index in [9.17, 15) is 0 Å². The molecule has 7 aliphatic carbocycles. The summed E-state index contributed by atoms with van der Waals surface area (Å²) in [4.78, 5) is 0. The third kappa shape index (κ3) is 53.7. The minimum absolute atomic E-state index is 0.437. The van der Waals surface area contributed by atoms with Gasteiger partial charge in [-0.25, -0.2) is 0 Å². The molecule has 4 unspecified atom stereocenters. The summed E-state index contributed by atoms with van der Waals surface area (Å²) in [7, 11) is 0. The Morgan fingerprint density at radius 1 is 0.360 bits per heavy atom. The van der Waals surface area contributed by atoms with E-state index in [0.717, 1.165) is 88.3 Å². The molecular formula is C100H212. The van der Waals surface area contributed by atoms with E-state index < -0.39 is 0 Å². The molecule has 0 aromatic carbocycles. The highest BCUT2D eigenvalue weighted by molar-refractivity contribution is 5.00. The number of hydrogen-bond acceptors (Lipinski definition) is 0. The van der Waals surface area contributed by atoms with Crippen LogP contribution in [0, 0.1) is 165 Å². The first-order valence-electron chi connectivity index (χ1n) is 43.9. The van der Waals surface area contributed by atoms with E-state index in [1.807, 2.05) is 0 Å². The third-order valence-electron chi connectivity index (χ3n) is 29.8. The summed E-state index contributed by atoms with van der Waals surface area (Å²) in [5.74, 6) is 15.9. The van der Waals surface area contributed by atoms with Crippen LogP contribution in [0.3, 0.4) is 0 Å². The SMILES string of the molecule is CC(C)(C)C(C)(C)C.CC(C)(C)C(C)(C)C.CC(C)(C)C(C)(C)C.CC(C)C(C)C(C)C.CC1(C2CC2)CC1.CC1CC(C)(C)C1.CC1CC(C)C1C.CCC(C)(C)C(C)(C)C.CCC(C)(C)C(C)C.CCC(C)C(C)(C)C.CCC1CC(C)C1.CC[C@@H](C)C(C)(C)C.C[C@H]1CC1C1CC1. The summed E-state index contributed by atoms with van der Waals surface area (Å²) in [6, 6.07) is 0. The lowest BCUT2D eigenvalue weighted by Crippen LogP contribution is -2.29. The van der Waals surface area contributed by atoms with Gasteiger partial charge in [-0.1, -0.05) is 406 Å². The maximum Gasteiger partial charge on any atom is -0.0297 e. The highest BCUT2D eigenvalue weighted by Crippen LogP contribution is 2.61. The summed E-state index contributed by atoms with van der Waals surface area (Å²) >= 11 is 0. The van der Waals surface area contributed by atoms with Crippen LogP contribution in [0.15, 0.2) is 0 Å². The highest BCUT2D eigenvalue weighted by Gasteiger charge is 2.49. The van der Waals surface area contributed by atoms with Crippen molar-refractivity contribution in [3.8, 4) is 0 Å². The normalized spacial score (nSPS) is 23.6. The van der Waals surface area contributed by atoms with Gasteiger partial charge in [-0.2, -0.15) is 0 Å². The number of hydrogen-bond donors (Lipinski definition) is 0. The molecule has 7 aliphatic rings. The topological polar surface area (TPSA) is 0 Å². The van der Waals surface area contributed by atoms with Crippen LogP contribution in [0.4, 0.5) is 0 Å². The Hall–Kier alpha value is 0. The van der Waals surface area contributed by atoms with Gasteiger partial charge >= 0.3 is 0 Å². The van der Waals surface area contributed by atoms with E-state index in [1.54, 1.807) is 19.3 Å². The van der Waals surface area contributed by atoms with Crippen molar-refractivity contribution in [2.24, 2.45) is 165 Å². The Morgan fingerprint density at radius 2 is 0.660 bits per heavy atom. The Bertz CT molecular complexity index is 1780.